The number of hydrazone groups is 1. The average molecular weight is 350 g/mol. The SMILES string of the molecule is CCCn1nc(-c2c[nH]c3ccccc23)nc1CCC1=NNC(=O)CC1. The molecule has 0 fully saturated rings. The van der Waals surface area contributed by atoms with Gasteiger partial charge in [0.25, 0.3) is 0 Å². The van der Waals surface area contributed by atoms with E-state index in [4.69, 9.17) is 10.1 Å². The molecule has 7 nitrogen and oxygen atoms in total. The maximum atomic E-state index is 11.2. The average Bonchev–Trinajstić information content (AvgIpc) is 3.25. The van der Waals surface area contributed by atoms with Crippen LogP contribution in [0.1, 0.15) is 38.4 Å². The minimum absolute atomic E-state index is 0.00970. The second kappa shape index (κ2) is 7.11. The highest BCUT2D eigenvalue weighted by molar-refractivity contribution is 5.94. The second-order valence-corrected chi connectivity index (χ2v) is 6.54. The summed E-state index contributed by atoms with van der Waals surface area (Å²) in [5, 5.41) is 10.0. The third-order valence-corrected chi connectivity index (χ3v) is 4.63. The number of rotatable bonds is 6. The van der Waals surface area contributed by atoms with E-state index in [9.17, 15) is 4.79 Å². The maximum absolute atomic E-state index is 11.2. The molecule has 3 heterocycles. The number of benzene rings is 1. The minimum atomic E-state index is -0.00970. The van der Waals surface area contributed by atoms with Gasteiger partial charge >= 0.3 is 0 Å². The van der Waals surface area contributed by atoms with Crippen molar-refractivity contribution < 1.29 is 4.79 Å². The Hall–Kier alpha value is -2.96. The molecular weight excluding hydrogens is 328 g/mol. The van der Waals surface area contributed by atoms with E-state index in [0.29, 0.717) is 6.42 Å². The normalized spacial score (nSPS) is 14.5. The Morgan fingerprint density at radius 3 is 2.88 bits per heavy atom. The minimum Gasteiger partial charge on any atom is -0.360 e. The van der Waals surface area contributed by atoms with Gasteiger partial charge in [0.05, 0.1) is 0 Å². The van der Waals surface area contributed by atoms with E-state index in [2.05, 4.69) is 34.6 Å². The first-order valence-electron chi connectivity index (χ1n) is 9.09. The van der Waals surface area contributed by atoms with Crippen LogP contribution in [0.25, 0.3) is 22.3 Å². The van der Waals surface area contributed by atoms with Crippen LogP contribution in [0.3, 0.4) is 0 Å². The van der Waals surface area contributed by atoms with Crippen LogP contribution in [0.2, 0.25) is 0 Å². The van der Waals surface area contributed by atoms with Crippen molar-refractivity contribution in [1.29, 1.82) is 0 Å². The maximum Gasteiger partial charge on any atom is 0.240 e. The monoisotopic (exact) mass is 350 g/mol. The van der Waals surface area contributed by atoms with Crippen LogP contribution >= 0.6 is 0 Å². The van der Waals surface area contributed by atoms with Gasteiger partial charge in [0, 0.05) is 47.8 Å². The topological polar surface area (TPSA) is 88.0 Å². The number of hydrogen-bond acceptors (Lipinski definition) is 4. The van der Waals surface area contributed by atoms with E-state index >= 15 is 0 Å². The predicted molar refractivity (Wildman–Crippen MR) is 101 cm³/mol. The lowest BCUT2D eigenvalue weighted by Gasteiger charge is -2.11. The van der Waals surface area contributed by atoms with Crippen molar-refractivity contribution in [3.63, 3.8) is 0 Å². The molecule has 4 rings (SSSR count). The van der Waals surface area contributed by atoms with Crippen LogP contribution in [0.5, 0.6) is 0 Å². The summed E-state index contributed by atoms with van der Waals surface area (Å²) in [6, 6.07) is 8.18. The summed E-state index contributed by atoms with van der Waals surface area (Å²) in [5.41, 5.74) is 5.69. The number of H-pyrrole nitrogens is 1. The van der Waals surface area contributed by atoms with Gasteiger partial charge in [0.15, 0.2) is 5.82 Å². The summed E-state index contributed by atoms with van der Waals surface area (Å²) in [4.78, 5) is 19.3. The first-order chi connectivity index (χ1) is 12.7. The van der Waals surface area contributed by atoms with Crippen molar-refractivity contribution in [2.45, 2.75) is 45.6 Å². The highest BCUT2D eigenvalue weighted by Crippen LogP contribution is 2.26. The smallest absolute Gasteiger partial charge is 0.240 e. The molecule has 1 amide bonds. The Balaban J connectivity index is 1.60. The van der Waals surface area contributed by atoms with Crippen LogP contribution in [0.15, 0.2) is 35.6 Å². The molecule has 2 N–H and O–H groups in total. The van der Waals surface area contributed by atoms with Crippen molar-refractivity contribution in [2.75, 3.05) is 0 Å². The Morgan fingerprint density at radius 2 is 2.08 bits per heavy atom. The molecule has 0 spiro atoms. The van der Waals surface area contributed by atoms with Crippen LogP contribution < -0.4 is 5.43 Å². The molecule has 0 radical (unpaired) electrons. The van der Waals surface area contributed by atoms with Gasteiger partial charge in [0.1, 0.15) is 5.82 Å². The second-order valence-electron chi connectivity index (χ2n) is 6.54. The quantitative estimate of drug-likeness (QED) is 0.716. The van der Waals surface area contributed by atoms with Gasteiger partial charge in [-0.15, -0.1) is 0 Å². The number of amides is 1. The van der Waals surface area contributed by atoms with Crippen molar-refractivity contribution >= 4 is 22.5 Å². The number of nitrogens with zero attached hydrogens (tertiary/aromatic N) is 4. The molecule has 2 aromatic heterocycles. The molecule has 1 aromatic carbocycles. The van der Waals surface area contributed by atoms with Gasteiger partial charge in [-0.05, 0) is 25.3 Å². The lowest BCUT2D eigenvalue weighted by atomic mass is 10.1. The Morgan fingerprint density at radius 1 is 1.19 bits per heavy atom. The zero-order valence-electron chi connectivity index (χ0n) is 14.8. The fourth-order valence-corrected chi connectivity index (χ4v) is 3.27. The Bertz CT molecular complexity index is 967. The van der Waals surface area contributed by atoms with Crippen LogP contribution in [-0.2, 0) is 17.8 Å². The molecule has 0 unspecified atom stereocenters. The Kier molecular flexibility index (Phi) is 4.51. The van der Waals surface area contributed by atoms with Crippen molar-refractivity contribution in [3.05, 3.63) is 36.3 Å². The number of aromatic amines is 1. The number of hydrogen-bond donors (Lipinski definition) is 2. The number of para-hydroxylation sites is 1. The van der Waals surface area contributed by atoms with E-state index in [1.807, 2.05) is 23.0 Å². The lowest BCUT2D eigenvalue weighted by Crippen LogP contribution is -2.25. The Labute approximate surface area is 151 Å². The lowest BCUT2D eigenvalue weighted by molar-refractivity contribution is -0.121. The van der Waals surface area contributed by atoms with Crippen molar-refractivity contribution in [2.24, 2.45) is 5.10 Å². The van der Waals surface area contributed by atoms with Gasteiger partial charge in [0.2, 0.25) is 5.91 Å². The number of carbonyl (C=O) groups is 1. The molecule has 3 aromatic rings. The third-order valence-electron chi connectivity index (χ3n) is 4.63. The molecule has 0 bridgehead atoms. The van der Waals surface area contributed by atoms with Gasteiger partial charge in [-0.1, -0.05) is 25.1 Å². The van der Waals surface area contributed by atoms with Crippen molar-refractivity contribution in [1.82, 2.24) is 25.2 Å². The van der Waals surface area contributed by atoms with Crippen LogP contribution in [0, 0.1) is 0 Å². The van der Waals surface area contributed by atoms with Crippen LogP contribution in [0.4, 0.5) is 0 Å². The number of fused-ring (bicyclic) bond motifs is 1. The summed E-state index contributed by atoms with van der Waals surface area (Å²) in [7, 11) is 0. The highest BCUT2D eigenvalue weighted by Gasteiger charge is 2.17. The standard InChI is InChI=1S/C19H22N6O/c1-2-11-25-17(9-7-13-8-10-18(26)23-22-13)21-19(24-25)15-12-20-16-6-4-3-5-14(15)16/h3-6,12,20H,2,7-11H2,1H3,(H,23,26). The summed E-state index contributed by atoms with van der Waals surface area (Å²) in [6.07, 6.45) is 5.77. The third kappa shape index (κ3) is 3.24. The largest absolute Gasteiger partial charge is 0.360 e. The van der Waals surface area contributed by atoms with Gasteiger partial charge in [-0.2, -0.15) is 10.2 Å². The first kappa shape index (κ1) is 16.5. The van der Waals surface area contributed by atoms with Gasteiger partial charge in [-0.25, -0.2) is 15.1 Å². The fourth-order valence-electron chi connectivity index (χ4n) is 3.27. The molecule has 26 heavy (non-hydrogen) atoms. The molecular formula is C19H22N6O. The number of aryl methyl sites for hydroxylation is 2. The molecule has 134 valence electrons. The van der Waals surface area contributed by atoms with E-state index in [1.54, 1.807) is 0 Å². The molecule has 7 heteroatoms. The fraction of sp³-hybridized carbons (Fsp3) is 0.368. The molecule has 0 saturated heterocycles. The molecule has 0 atom stereocenters. The number of nitrogens with one attached hydrogen (secondary N) is 2. The van der Waals surface area contributed by atoms with Gasteiger partial charge in [-0.3, -0.25) is 4.79 Å². The number of carbonyl (C=O) groups excluding carboxylic acids is 1. The summed E-state index contributed by atoms with van der Waals surface area (Å²) in [6.45, 7) is 2.98. The van der Waals surface area contributed by atoms with Crippen molar-refractivity contribution in [3.8, 4) is 11.4 Å². The highest BCUT2D eigenvalue weighted by atomic mass is 16.2. The zero-order valence-corrected chi connectivity index (χ0v) is 14.8. The zero-order chi connectivity index (χ0) is 17.9. The molecule has 1 aliphatic rings. The summed E-state index contributed by atoms with van der Waals surface area (Å²) < 4.78 is 2.00. The summed E-state index contributed by atoms with van der Waals surface area (Å²) >= 11 is 0. The molecule has 1 aliphatic heterocycles. The van der Waals surface area contributed by atoms with Crippen LogP contribution in [-0.4, -0.2) is 31.4 Å². The predicted octanol–water partition coefficient (Wildman–Crippen LogP) is 3.04. The first-order valence-corrected chi connectivity index (χ1v) is 9.09. The van der Waals surface area contributed by atoms with E-state index in [0.717, 1.165) is 66.1 Å². The van der Waals surface area contributed by atoms with E-state index < -0.39 is 0 Å². The molecule has 0 saturated carbocycles. The van der Waals surface area contributed by atoms with E-state index in [1.165, 1.54) is 0 Å². The van der Waals surface area contributed by atoms with E-state index in [-0.39, 0.29) is 5.91 Å². The van der Waals surface area contributed by atoms with Gasteiger partial charge < -0.3 is 4.98 Å². The number of aromatic nitrogens is 4. The molecule has 0 aliphatic carbocycles. The summed E-state index contributed by atoms with van der Waals surface area (Å²) in [5.74, 6) is 1.71.